The van der Waals surface area contributed by atoms with Crippen molar-refractivity contribution in [3.8, 4) is 0 Å². The zero-order valence-electron chi connectivity index (χ0n) is 11.6. The van der Waals surface area contributed by atoms with Crippen molar-refractivity contribution in [2.24, 2.45) is 0 Å². The Morgan fingerprint density at radius 3 is 2.22 bits per heavy atom. The third kappa shape index (κ3) is 2.65. The van der Waals surface area contributed by atoms with Crippen LogP contribution >= 0.6 is 11.3 Å². The third-order valence-electron chi connectivity index (χ3n) is 3.28. The molecule has 0 spiro atoms. The van der Waals surface area contributed by atoms with Crippen molar-refractivity contribution >= 4 is 11.3 Å². The van der Waals surface area contributed by atoms with E-state index in [4.69, 9.17) is 0 Å². The van der Waals surface area contributed by atoms with Crippen LogP contribution in [0.4, 0.5) is 0 Å². The summed E-state index contributed by atoms with van der Waals surface area (Å²) in [5, 5.41) is 3.62. The fourth-order valence-corrected chi connectivity index (χ4v) is 3.40. The number of nitrogens with one attached hydrogen (secondary N) is 1. The molecule has 0 saturated carbocycles. The average molecular weight is 259 g/mol. The summed E-state index contributed by atoms with van der Waals surface area (Å²) in [6.07, 6.45) is 0. The maximum Gasteiger partial charge on any atom is 0.0676 e. The molecule has 1 aromatic heterocycles. The van der Waals surface area contributed by atoms with Crippen molar-refractivity contribution < 1.29 is 0 Å². The van der Waals surface area contributed by atoms with Gasteiger partial charge < -0.3 is 5.32 Å². The summed E-state index contributed by atoms with van der Waals surface area (Å²) < 4.78 is 0. The van der Waals surface area contributed by atoms with Gasteiger partial charge in [-0.2, -0.15) is 0 Å². The Morgan fingerprint density at radius 2 is 1.72 bits per heavy atom. The standard InChI is InChI=1S/C16H21NS/c1-5-17-16(14-10-9-13(4)18-14)15-11(2)7-6-8-12(15)3/h6-10,16-17H,5H2,1-4H3. The molecule has 1 N–H and O–H groups in total. The van der Waals surface area contributed by atoms with Crippen LogP contribution < -0.4 is 5.32 Å². The SMILES string of the molecule is CCNC(c1ccc(C)s1)c1c(C)cccc1C. The van der Waals surface area contributed by atoms with E-state index in [0.717, 1.165) is 6.54 Å². The van der Waals surface area contributed by atoms with Gasteiger partial charge >= 0.3 is 0 Å². The predicted octanol–water partition coefficient (Wildman–Crippen LogP) is 4.37. The first-order chi connectivity index (χ1) is 8.63. The maximum atomic E-state index is 3.62. The minimum Gasteiger partial charge on any atom is -0.306 e. The summed E-state index contributed by atoms with van der Waals surface area (Å²) in [7, 11) is 0. The molecule has 0 aliphatic carbocycles. The lowest BCUT2D eigenvalue weighted by atomic mass is 9.95. The molecule has 0 fully saturated rings. The Balaban J connectivity index is 2.47. The number of hydrogen-bond acceptors (Lipinski definition) is 2. The van der Waals surface area contributed by atoms with E-state index in [9.17, 15) is 0 Å². The molecule has 0 aliphatic rings. The van der Waals surface area contributed by atoms with Gasteiger partial charge in [-0.3, -0.25) is 0 Å². The van der Waals surface area contributed by atoms with Gasteiger partial charge in [0.05, 0.1) is 6.04 Å². The van der Waals surface area contributed by atoms with Crippen LogP contribution in [0, 0.1) is 20.8 Å². The minimum atomic E-state index is 0.329. The van der Waals surface area contributed by atoms with Crippen LogP contribution in [0.1, 0.15) is 39.4 Å². The molecular weight excluding hydrogens is 238 g/mol. The second-order valence-electron chi connectivity index (χ2n) is 4.74. The summed E-state index contributed by atoms with van der Waals surface area (Å²) >= 11 is 1.89. The van der Waals surface area contributed by atoms with Crippen LogP contribution in [0.25, 0.3) is 0 Å². The molecule has 0 radical (unpaired) electrons. The second-order valence-corrected chi connectivity index (χ2v) is 6.06. The van der Waals surface area contributed by atoms with E-state index in [1.807, 2.05) is 11.3 Å². The molecule has 18 heavy (non-hydrogen) atoms. The van der Waals surface area contributed by atoms with Crippen LogP contribution in [-0.2, 0) is 0 Å². The van der Waals surface area contributed by atoms with E-state index >= 15 is 0 Å². The van der Waals surface area contributed by atoms with Gasteiger partial charge in [0.2, 0.25) is 0 Å². The molecule has 0 bridgehead atoms. The highest BCUT2D eigenvalue weighted by molar-refractivity contribution is 7.12. The topological polar surface area (TPSA) is 12.0 Å². The number of aryl methyl sites for hydroxylation is 3. The highest BCUT2D eigenvalue weighted by Crippen LogP contribution is 2.31. The van der Waals surface area contributed by atoms with Crippen molar-refractivity contribution in [3.05, 3.63) is 56.8 Å². The van der Waals surface area contributed by atoms with Crippen molar-refractivity contribution in [1.82, 2.24) is 5.32 Å². The first kappa shape index (κ1) is 13.3. The van der Waals surface area contributed by atoms with Gasteiger partial charge in [0.15, 0.2) is 0 Å². The van der Waals surface area contributed by atoms with Gasteiger partial charge in [0, 0.05) is 9.75 Å². The first-order valence-corrected chi connectivity index (χ1v) is 7.31. The van der Waals surface area contributed by atoms with Gasteiger partial charge in [0.25, 0.3) is 0 Å². The number of benzene rings is 1. The van der Waals surface area contributed by atoms with Crippen molar-refractivity contribution in [3.63, 3.8) is 0 Å². The van der Waals surface area contributed by atoms with Crippen LogP contribution in [-0.4, -0.2) is 6.54 Å². The molecule has 1 unspecified atom stereocenters. The van der Waals surface area contributed by atoms with Crippen LogP contribution in [0.2, 0.25) is 0 Å². The third-order valence-corrected chi connectivity index (χ3v) is 4.35. The Hall–Kier alpha value is -1.12. The molecule has 2 heteroatoms. The van der Waals surface area contributed by atoms with Crippen LogP contribution in [0.5, 0.6) is 0 Å². The van der Waals surface area contributed by atoms with Crippen LogP contribution in [0.15, 0.2) is 30.3 Å². The van der Waals surface area contributed by atoms with E-state index in [2.05, 4.69) is 63.3 Å². The summed E-state index contributed by atoms with van der Waals surface area (Å²) in [6.45, 7) is 9.72. The Bertz CT molecular complexity index is 507. The summed E-state index contributed by atoms with van der Waals surface area (Å²) in [5.41, 5.74) is 4.17. The fraction of sp³-hybridized carbons (Fsp3) is 0.375. The van der Waals surface area contributed by atoms with Gasteiger partial charge in [-0.25, -0.2) is 0 Å². The summed E-state index contributed by atoms with van der Waals surface area (Å²) in [5.74, 6) is 0. The monoisotopic (exact) mass is 259 g/mol. The summed E-state index contributed by atoms with van der Waals surface area (Å²) in [4.78, 5) is 2.78. The average Bonchev–Trinajstić information content (AvgIpc) is 2.74. The molecule has 2 rings (SSSR count). The number of thiophene rings is 1. The lowest BCUT2D eigenvalue weighted by Gasteiger charge is -2.21. The molecule has 1 atom stereocenters. The Kier molecular flexibility index (Phi) is 4.20. The fourth-order valence-electron chi connectivity index (χ4n) is 2.44. The van der Waals surface area contributed by atoms with Crippen LogP contribution in [0.3, 0.4) is 0 Å². The number of rotatable bonds is 4. The maximum absolute atomic E-state index is 3.62. The first-order valence-electron chi connectivity index (χ1n) is 6.49. The predicted molar refractivity (Wildman–Crippen MR) is 80.5 cm³/mol. The second kappa shape index (κ2) is 5.68. The van der Waals surface area contributed by atoms with Crippen molar-refractivity contribution in [2.75, 3.05) is 6.54 Å². The molecular formula is C16H21NS. The molecule has 1 nitrogen and oxygen atoms in total. The minimum absolute atomic E-state index is 0.329. The van der Waals surface area contributed by atoms with Gasteiger partial charge in [-0.15, -0.1) is 11.3 Å². The van der Waals surface area contributed by atoms with E-state index in [1.54, 1.807) is 0 Å². The van der Waals surface area contributed by atoms with E-state index in [-0.39, 0.29) is 0 Å². The largest absolute Gasteiger partial charge is 0.306 e. The van der Waals surface area contributed by atoms with E-state index in [1.165, 1.54) is 26.4 Å². The van der Waals surface area contributed by atoms with Gasteiger partial charge in [-0.05, 0) is 56.1 Å². The molecule has 0 saturated heterocycles. The van der Waals surface area contributed by atoms with Crippen molar-refractivity contribution in [1.29, 1.82) is 0 Å². The zero-order chi connectivity index (χ0) is 13.1. The highest BCUT2D eigenvalue weighted by atomic mass is 32.1. The van der Waals surface area contributed by atoms with E-state index in [0.29, 0.717) is 6.04 Å². The smallest absolute Gasteiger partial charge is 0.0676 e. The Labute approximate surface area is 114 Å². The Morgan fingerprint density at radius 1 is 1.06 bits per heavy atom. The quantitative estimate of drug-likeness (QED) is 0.859. The molecule has 1 aromatic carbocycles. The number of hydrogen-bond donors (Lipinski definition) is 1. The lowest BCUT2D eigenvalue weighted by molar-refractivity contribution is 0.633. The van der Waals surface area contributed by atoms with Crippen molar-refractivity contribution in [2.45, 2.75) is 33.7 Å². The van der Waals surface area contributed by atoms with E-state index < -0.39 is 0 Å². The molecule has 1 heterocycles. The van der Waals surface area contributed by atoms with Gasteiger partial charge in [-0.1, -0.05) is 25.1 Å². The zero-order valence-corrected chi connectivity index (χ0v) is 12.4. The molecule has 96 valence electrons. The highest BCUT2D eigenvalue weighted by Gasteiger charge is 2.18. The lowest BCUT2D eigenvalue weighted by Crippen LogP contribution is -2.22. The molecule has 0 aliphatic heterocycles. The van der Waals surface area contributed by atoms with Gasteiger partial charge in [0.1, 0.15) is 0 Å². The summed E-state index contributed by atoms with van der Waals surface area (Å²) in [6, 6.07) is 11.3. The normalized spacial score (nSPS) is 12.7. The molecule has 0 amide bonds. The molecule has 2 aromatic rings.